The molecule has 0 spiro atoms. The molecule has 0 bridgehead atoms. The van der Waals surface area contributed by atoms with Crippen molar-refractivity contribution in [2.24, 2.45) is 0 Å². The number of benzene rings is 2. The smallest absolute Gasteiger partial charge is 0.308 e. The molecule has 0 atom stereocenters. The van der Waals surface area contributed by atoms with Gasteiger partial charge in [-0.2, -0.15) is 5.26 Å². The second-order valence-electron chi connectivity index (χ2n) is 3.93. The number of anilines is 2. The van der Waals surface area contributed by atoms with Crippen molar-refractivity contribution in [2.45, 2.75) is 0 Å². The van der Waals surface area contributed by atoms with Crippen molar-refractivity contribution in [1.29, 1.82) is 5.26 Å². The van der Waals surface area contributed by atoms with Crippen LogP contribution in [0.3, 0.4) is 0 Å². The predicted molar refractivity (Wildman–Crippen MR) is 80.3 cm³/mol. The van der Waals surface area contributed by atoms with Crippen LogP contribution in [0.2, 0.25) is 10.0 Å². The highest BCUT2D eigenvalue weighted by Crippen LogP contribution is 2.22. The Morgan fingerprint density at radius 1 is 1.00 bits per heavy atom. The van der Waals surface area contributed by atoms with Crippen LogP contribution in [0, 0.1) is 11.3 Å². The lowest BCUT2D eigenvalue weighted by atomic mass is 10.2. The first kappa shape index (κ1) is 14.2. The Kier molecular flexibility index (Phi) is 4.46. The zero-order valence-electron chi connectivity index (χ0n) is 10.2. The molecule has 2 N–H and O–H groups in total. The van der Waals surface area contributed by atoms with E-state index in [-0.39, 0.29) is 0 Å². The lowest BCUT2D eigenvalue weighted by molar-refractivity contribution is 0.262. The molecule has 0 saturated heterocycles. The van der Waals surface area contributed by atoms with Crippen LogP contribution in [0.4, 0.5) is 16.2 Å². The third kappa shape index (κ3) is 3.89. The maximum absolute atomic E-state index is 11.8. The lowest BCUT2D eigenvalue weighted by Gasteiger charge is -2.08. The van der Waals surface area contributed by atoms with Gasteiger partial charge in [0.15, 0.2) is 0 Å². The molecule has 20 heavy (non-hydrogen) atoms. The topological polar surface area (TPSA) is 64.9 Å². The van der Waals surface area contributed by atoms with Gasteiger partial charge in [0.1, 0.15) is 0 Å². The highest BCUT2D eigenvalue weighted by molar-refractivity contribution is 6.35. The number of halogens is 2. The van der Waals surface area contributed by atoms with Gasteiger partial charge >= 0.3 is 6.03 Å². The first-order chi connectivity index (χ1) is 9.56. The standard InChI is InChI=1S/C14H9Cl2N3O/c15-10-5-11(16)7-13(6-10)19-14(20)18-12-3-1-2-9(4-12)8-17/h1-7H,(H2,18,19,20). The molecule has 6 heteroatoms. The summed E-state index contributed by atoms with van der Waals surface area (Å²) in [6.45, 7) is 0. The summed E-state index contributed by atoms with van der Waals surface area (Å²) >= 11 is 11.7. The summed E-state index contributed by atoms with van der Waals surface area (Å²) in [5.41, 5.74) is 1.47. The van der Waals surface area contributed by atoms with Gasteiger partial charge in [0.05, 0.1) is 11.6 Å². The number of amides is 2. The van der Waals surface area contributed by atoms with Crippen molar-refractivity contribution in [1.82, 2.24) is 0 Å². The highest BCUT2D eigenvalue weighted by Gasteiger charge is 2.05. The summed E-state index contributed by atoms with van der Waals surface area (Å²) in [5.74, 6) is 0. The molecule has 0 radical (unpaired) electrons. The van der Waals surface area contributed by atoms with Crippen LogP contribution in [0.25, 0.3) is 0 Å². The fourth-order valence-corrected chi connectivity index (χ4v) is 2.11. The Morgan fingerprint density at radius 2 is 1.65 bits per heavy atom. The van der Waals surface area contributed by atoms with Gasteiger partial charge in [-0.25, -0.2) is 4.79 Å². The van der Waals surface area contributed by atoms with E-state index in [1.54, 1.807) is 42.5 Å². The zero-order valence-corrected chi connectivity index (χ0v) is 11.7. The molecular weight excluding hydrogens is 297 g/mol. The van der Waals surface area contributed by atoms with Gasteiger partial charge in [0.25, 0.3) is 0 Å². The number of carbonyl (C=O) groups is 1. The van der Waals surface area contributed by atoms with Gasteiger partial charge in [-0.05, 0) is 36.4 Å². The summed E-state index contributed by atoms with van der Waals surface area (Å²) in [7, 11) is 0. The molecule has 0 aliphatic rings. The molecule has 0 aromatic heterocycles. The first-order valence-electron chi connectivity index (χ1n) is 5.61. The van der Waals surface area contributed by atoms with Crippen molar-refractivity contribution in [3.05, 3.63) is 58.1 Å². The number of hydrogen-bond acceptors (Lipinski definition) is 2. The average molecular weight is 306 g/mol. The highest BCUT2D eigenvalue weighted by atomic mass is 35.5. The second-order valence-corrected chi connectivity index (χ2v) is 4.80. The van der Waals surface area contributed by atoms with Crippen LogP contribution >= 0.6 is 23.2 Å². The van der Waals surface area contributed by atoms with E-state index >= 15 is 0 Å². The van der Waals surface area contributed by atoms with Crippen molar-refractivity contribution in [3.8, 4) is 6.07 Å². The molecule has 0 heterocycles. The van der Waals surface area contributed by atoms with Gasteiger partial charge < -0.3 is 10.6 Å². The third-order valence-electron chi connectivity index (χ3n) is 2.37. The van der Waals surface area contributed by atoms with Crippen molar-refractivity contribution < 1.29 is 4.79 Å². The number of rotatable bonds is 2. The SMILES string of the molecule is N#Cc1cccc(NC(=O)Nc2cc(Cl)cc(Cl)c2)c1. The van der Waals surface area contributed by atoms with E-state index in [0.717, 1.165) is 0 Å². The Balaban J connectivity index is 2.07. The Bertz CT molecular complexity index is 675. The minimum absolute atomic E-state index is 0.430. The van der Waals surface area contributed by atoms with E-state index in [9.17, 15) is 4.79 Å². The van der Waals surface area contributed by atoms with Gasteiger partial charge in [-0.15, -0.1) is 0 Å². The van der Waals surface area contributed by atoms with Crippen LogP contribution in [0.15, 0.2) is 42.5 Å². The van der Waals surface area contributed by atoms with Crippen LogP contribution < -0.4 is 10.6 Å². The van der Waals surface area contributed by atoms with Gasteiger partial charge in [-0.1, -0.05) is 29.3 Å². The molecule has 2 aromatic rings. The van der Waals surface area contributed by atoms with Crippen LogP contribution in [-0.4, -0.2) is 6.03 Å². The number of urea groups is 1. The van der Waals surface area contributed by atoms with E-state index in [1.165, 1.54) is 0 Å². The summed E-state index contributed by atoms with van der Waals surface area (Å²) < 4.78 is 0. The monoisotopic (exact) mass is 305 g/mol. The van der Waals surface area contributed by atoms with Crippen LogP contribution in [-0.2, 0) is 0 Å². The molecule has 2 rings (SSSR count). The fourth-order valence-electron chi connectivity index (χ4n) is 1.59. The molecule has 2 amide bonds. The normalized spacial score (nSPS) is 9.65. The maximum Gasteiger partial charge on any atom is 0.323 e. The average Bonchev–Trinajstić information content (AvgIpc) is 2.37. The fraction of sp³-hybridized carbons (Fsp3) is 0. The van der Waals surface area contributed by atoms with Crippen LogP contribution in [0.5, 0.6) is 0 Å². The van der Waals surface area contributed by atoms with E-state index in [2.05, 4.69) is 10.6 Å². The number of nitriles is 1. The van der Waals surface area contributed by atoms with E-state index in [4.69, 9.17) is 28.5 Å². The molecule has 0 aliphatic heterocycles. The Morgan fingerprint density at radius 3 is 2.30 bits per heavy atom. The lowest BCUT2D eigenvalue weighted by Crippen LogP contribution is -2.19. The Hall–Kier alpha value is -2.22. The molecule has 4 nitrogen and oxygen atoms in total. The quantitative estimate of drug-likeness (QED) is 0.857. The zero-order chi connectivity index (χ0) is 14.5. The summed E-state index contributed by atoms with van der Waals surface area (Å²) in [6, 6.07) is 12.9. The number of nitrogens with zero attached hydrogens (tertiary/aromatic N) is 1. The van der Waals surface area contributed by atoms with Crippen molar-refractivity contribution in [3.63, 3.8) is 0 Å². The van der Waals surface area contributed by atoms with Crippen molar-refractivity contribution in [2.75, 3.05) is 10.6 Å². The van der Waals surface area contributed by atoms with Crippen LogP contribution in [0.1, 0.15) is 5.56 Å². The summed E-state index contributed by atoms with van der Waals surface area (Å²) in [5, 5.41) is 14.9. The molecular formula is C14H9Cl2N3O. The minimum Gasteiger partial charge on any atom is -0.308 e. The minimum atomic E-state index is -0.446. The van der Waals surface area contributed by atoms with E-state index in [0.29, 0.717) is 27.0 Å². The largest absolute Gasteiger partial charge is 0.323 e. The molecule has 0 unspecified atom stereocenters. The third-order valence-corrected chi connectivity index (χ3v) is 2.81. The summed E-state index contributed by atoms with van der Waals surface area (Å²) in [4.78, 5) is 11.8. The van der Waals surface area contributed by atoms with Gasteiger partial charge in [0, 0.05) is 21.4 Å². The van der Waals surface area contributed by atoms with E-state index < -0.39 is 6.03 Å². The Labute approximate surface area is 125 Å². The van der Waals surface area contributed by atoms with Crippen molar-refractivity contribution >= 4 is 40.6 Å². The summed E-state index contributed by atoms with van der Waals surface area (Å²) in [6.07, 6.45) is 0. The van der Waals surface area contributed by atoms with Gasteiger partial charge in [0.2, 0.25) is 0 Å². The first-order valence-corrected chi connectivity index (χ1v) is 6.37. The number of carbonyl (C=O) groups excluding carboxylic acids is 1. The number of hydrogen-bond donors (Lipinski definition) is 2. The molecule has 0 saturated carbocycles. The van der Waals surface area contributed by atoms with Gasteiger partial charge in [-0.3, -0.25) is 0 Å². The molecule has 100 valence electrons. The number of nitrogens with one attached hydrogen (secondary N) is 2. The second kappa shape index (κ2) is 6.29. The predicted octanol–water partition coefficient (Wildman–Crippen LogP) is 4.51. The molecule has 0 fully saturated rings. The maximum atomic E-state index is 11.8. The molecule has 0 aliphatic carbocycles. The molecule has 2 aromatic carbocycles. The van der Waals surface area contributed by atoms with E-state index in [1.807, 2.05) is 6.07 Å².